The molecule has 0 fully saturated rings. The first-order chi connectivity index (χ1) is 14.2. The van der Waals surface area contributed by atoms with E-state index in [0.29, 0.717) is 17.1 Å². The van der Waals surface area contributed by atoms with Crippen LogP contribution in [0.15, 0.2) is 65.9 Å². The number of nitrogens with zero attached hydrogens (tertiary/aromatic N) is 5. The molecule has 1 N–H and O–H groups in total. The Balaban J connectivity index is 1.78. The second kappa shape index (κ2) is 8.24. The summed E-state index contributed by atoms with van der Waals surface area (Å²) in [7, 11) is 1.65. The summed E-state index contributed by atoms with van der Waals surface area (Å²) in [5.41, 5.74) is 3.71. The standard InChI is InChI=1S/C21H20N6OS/c1-15-23-24-21(29)27(15)22-12-17-14-26(13-16-8-4-3-5-9-16)25-20(17)18-10-6-7-11-19(18)28-2/h3-12,14H,13H2,1-2H3,(H,24,29)/b22-12-. The molecule has 0 amide bonds. The minimum absolute atomic E-state index is 0.439. The highest BCUT2D eigenvalue weighted by Crippen LogP contribution is 2.30. The van der Waals surface area contributed by atoms with Gasteiger partial charge in [0.05, 0.1) is 19.9 Å². The molecular weight excluding hydrogens is 384 g/mol. The number of aromatic nitrogens is 5. The smallest absolute Gasteiger partial charge is 0.216 e. The molecule has 29 heavy (non-hydrogen) atoms. The first-order valence-corrected chi connectivity index (χ1v) is 9.49. The molecule has 2 aromatic heterocycles. The molecule has 0 radical (unpaired) electrons. The van der Waals surface area contributed by atoms with E-state index in [4.69, 9.17) is 22.1 Å². The van der Waals surface area contributed by atoms with Crippen LogP contribution in [0.3, 0.4) is 0 Å². The van der Waals surface area contributed by atoms with Crippen molar-refractivity contribution in [3.05, 3.63) is 82.5 Å². The van der Waals surface area contributed by atoms with Crippen LogP contribution >= 0.6 is 12.2 Å². The molecule has 2 heterocycles. The van der Waals surface area contributed by atoms with Gasteiger partial charge in [-0.3, -0.25) is 9.78 Å². The monoisotopic (exact) mass is 404 g/mol. The molecule has 0 bridgehead atoms. The topological polar surface area (TPSA) is 73.0 Å². The average Bonchev–Trinajstić information content (AvgIpc) is 3.29. The van der Waals surface area contributed by atoms with Crippen LogP contribution in [0, 0.1) is 11.7 Å². The summed E-state index contributed by atoms with van der Waals surface area (Å²) in [5.74, 6) is 1.44. The summed E-state index contributed by atoms with van der Waals surface area (Å²) in [4.78, 5) is 0. The molecule has 0 unspecified atom stereocenters. The van der Waals surface area contributed by atoms with Crippen LogP contribution in [0.1, 0.15) is 17.0 Å². The molecule has 0 spiro atoms. The van der Waals surface area contributed by atoms with Crippen LogP contribution in [-0.4, -0.2) is 38.0 Å². The molecule has 7 nitrogen and oxygen atoms in total. The quantitative estimate of drug-likeness (QED) is 0.389. The fourth-order valence-electron chi connectivity index (χ4n) is 3.06. The molecule has 0 aliphatic rings. The summed E-state index contributed by atoms with van der Waals surface area (Å²) < 4.78 is 9.46. The minimum atomic E-state index is 0.439. The number of methoxy groups -OCH3 is 1. The third-order valence-corrected chi connectivity index (χ3v) is 4.73. The van der Waals surface area contributed by atoms with Crippen molar-refractivity contribution in [2.24, 2.45) is 5.10 Å². The van der Waals surface area contributed by atoms with Crippen LogP contribution in [0.4, 0.5) is 0 Å². The van der Waals surface area contributed by atoms with Crippen molar-refractivity contribution in [2.75, 3.05) is 7.11 Å². The normalized spacial score (nSPS) is 11.2. The van der Waals surface area contributed by atoms with Crippen molar-refractivity contribution < 1.29 is 4.74 Å². The highest BCUT2D eigenvalue weighted by Gasteiger charge is 2.14. The molecule has 8 heteroatoms. The molecule has 0 aliphatic carbocycles. The highest BCUT2D eigenvalue weighted by atomic mass is 32.1. The van der Waals surface area contributed by atoms with Crippen LogP contribution in [0.5, 0.6) is 5.75 Å². The molecule has 4 rings (SSSR count). The number of aryl methyl sites for hydroxylation is 1. The average molecular weight is 404 g/mol. The third-order valence-electron chi connectivity index (χ3n) is 4.46. The lowest BCUT2D eigenvalue weighted by Crippen LogP contribution is -2.00. The minimum Gasteiger partial charge on any atom is -0.496 e. The summed E-state index contributed by atoms with van der Waals surface area (Å²) in [6, 6.07) is 18.0. The summed E-state index contributed by atoms with van der Waals surface area (Å²) in [5, 5.41) is 16.1. The number of H-pyrrole nitrogens is 1. The molecule has 2 aromatic carbocycles. The van der Waals surface area contributed by atoms with E-state index in [9.17, 15) is 0 Å². The summed E-state index contributed by atoms with van der Waals surface area (Å²) in [6.45, 7) is 2.49. The molecule has 0 atom stereocenters. The summed E-state index contributed by atoms with van der Waals surface area (Å²) >= 11 is 5.24. The molecule has 0 saturated heterocycles. The van der Waals surface area contributed by atoms with Gasteiger partial charge in [0.2, 0.25) is 4.77 Å². The summed E-state index contributed by atoms with van der Waals surface area (Å²) in [6.07, 6.45) is 3.71. The molecule has 0 saturated carbocycles. The third kappa shape index (κ3) is 4.02. The lowest BCUT2D eigenvalue weighted by Gasteiger charge is -2.06. The van der Waals surface area contributed by atoms with Crippen LogP contribution in [0.2, 0.25) is 0 Å². The van der Waals surface area contributed by atoms with Gasteiger partial charge in [0.1, 0.15) is 17.3 Å². The number of hydrogen-bond acceptors (Lipinski definition) is 5. The van der Waals surface area contributed by atoms with Gasteiger partial charge in [-0.25, -0.2) is 0 Å². The van der Waals surface area contributed by atoms with Crippen LogP contribution < -0.4 is 4.74 Å². The Hall–Kier alpha value is -3.52. The Labute approximate surface area is 173 Å². The van der Waals surface area contributed by atoms with Crippen LogP contribution in [-0.2, 0) is 6.54 Å². The van der Waals surface area contributed by atoms with E-state index >= 15 is 0 Å². The van der Waals surface area contributed by atoms with Gasteiger partial charge < -0.3 is 4.74 Å². The van der Waals surface area contributed by atoms with E-state index in [1.807, 2.05) is 60.3 Å². The predicted molar refractivity (Wildman–Crippen MR) is 115 cm³/mol. The molecule has 146 valence electrons. The van der Waals surface area contributed by atoms with Gasteiger partial charge in [0, 0.05) is 17.3 Å². The first-order valence-electron chi connectivity index (χ1n) is 9.09. The molecule has 4 aromatic rings. The van der Waals surface area contributed by atoms with E-state index in [1.165, 1.54) is 0 Å². The molecular formula is C21H20N6OS. The highest BCUT2D eigenvalue weighted by molar-refractivity contribution is 7.71. The second-order valence-corrected chi connectivity index (χ2v) is 6.84. The van der Waals surface area contributed by atoms with E-state index in [0.717, 1.165) is 28.1 Å². The lowest BCUT2D eigenvalue weighted by atomic mass is 10.1. The zero-order valence-corrected chi connectivity index (χ0v) is 16.9. The zero-order chi connectivity index (χ0) is 20.2. The molecule has 0 aliphatic heterocycles. The van der Waals surface area contributed by atoms with Gasteiger partial charge in [0.15, 0.2) is 0 Å². The van der Waals surface area contributed by atoms with Crippen LogP contribution in [0.25, 0.3) is 11.3 Å². The van der Waals surface area contributed by atoms with E-state index < -0.39 is 0 Å². The Bertz CT molecular complexity index is 1210. The second-order valence-electron chi connectivity index (χ2n) is 6.45. The van der Waals surface area contributed by atoms with E-state index in [1.54, 1.807) is 18.0 Å². The number of nitrogens with one attached hydrogen (secondary N) is 1. The fourth-order valence-corrected chi connectivity index (χ4v) is 3.28. The number of para-hydroxylation sites is 1. The van der Waals surface area contributed by atoms with Crippen molar-refractivity contribution in [1.29, 1.82) is 0 Å². The van der Waals surface area contributed by atoms with E-state index in [2.05, 4.69) is 27.4 Å². The van der Waals surface area contributed by atoms with Crippen molar-refractivity contribution in [2.45, 2.75) is 13.5 Å². The zero-order valence-electron chi connectivity index (χ0n) is 16.1. The number of ether oxygens (including phenoxy) is 1. The maximum Gasteiger partial charge on any atom is 0.216 e. The SMILES string of the molecule is COc1ccccc1-c1nn(Cc2ccccc2)cc1/C=N\n1c(C)n[nH]c1=S. The number of benzene rings is 2. The van der Waals surface area contributed by atoms with Gasteiger partial charge in [-0.15, -0.1) is 0 Å². The lowest BCUT2D eigenvalue weighted by molar-refractivity contribution is 0.416. The van der Waals surface area contributed by atoms with Crippen molar-refractivity contribution in [1.82, 2.24) is 24.7 Å². The Morgan fingerprint density at radius 1 is 1.14 bits per heavy atom. The van der Waals surface area contributed by atoms with Gasteiger partial charge in [-0.2, -0.15) is 20.0 Å². The first kappa shape index (κ1) is 18.8. The number of rotatable bonds is 6. The Morgan fingerprint density at radius 3 is 2.62 bits per heavy atom. The van der Waals surface area contributed by atoms with Gasteiger partial charge in [-0.1, -0.05) is 42.5 Å². The van der Waals surface area contributed by atoms with Crippen molar-refractivity contribution >= 4 is 18.4 Å². The fraction of sp³-hybridized carbons (Fsp3) is 0.143. The van der Waals surface area contributed by atoms with Gasteiger partial charge in [-0.05, 0) is 36.8 Å². The Morgan fingerprint density at radius 2 is 1.90 bits per heavy atom. The predicted octanol–water partition coefficient (Wildman–Crippen LogP) is 4.05. The number of hydrogen-bond donors (Lipinski definition) is 1. The van der Waals surface area contributed by atoms with Crippen molar-refractivity contribution in [3.8, 4) is 17.0 Å². The van der Waals surface area contributed by atoms with Crippen molar-refractivity contribution in [3.63, 3.8) is 0 Å². The van der Waals surface area contributed by atoms with Gasteiger partial charge >= 0.3 is 0 Å². The maximum absolute atomic E-state index is 5.54. The Kier molecular flexibility index (Phi) is 5.35. The van der Waals surface area contributed by atoms with Gasteiger partial charge in [0.25, 0.3) is 0 Å². The van der Waals surface area contributed by atoms with E-state index in [-0.39, 0.29) is 0 Å². The largest absolute Gasteiger partial charge is 0.496 e. The number of aromatic amines is 1. The maximum atomic E-state index is 5.54.